The maximum Gasteiger partial charge on any atom is 0.261 e. The fraction of sp³-hybridized carbons (Fsp3) is 0.267. The van der Waals surface area contributed by atoms with Crippen LogP contribution in [-0.2, 0) is 22.6 Å². The quantitative estimate of drug-likeness (QED) is 0.326. The van der Waals surface area contributed by atoms with Gasteiger partial charge in [0.2, 0.25) is 11.8 Å². The van der Waals surface area contributed by atoms with Crippen LogP contribution in [-0.4, -0.2) is 52.6 Å². The Morgan fingerprint density at radius 2 is 1.46 bits per heavy atom. The fourth-order valence-corrected chi connectivity index (χ4v) is 5.19. The Hall–Kier alpha value is -3.68. The van der Waals surface area contributed by atoms with E-state index in [1.807, 2.05) is 37.3 Å². The van der Waals surface area contributed by atoms with Gasteiger partial charge >= 0.3 is 0 Å². The number of hydrogen-bond acceptors (Lipinski definition) is 4. The second-order valence-corrected chi connectivity index (χ2v) is 10.0. The summed E-state index contributed by atoms with van der Waals surface area (Å²) >= 11 is 12.9. The first kappa shape index (κ1) is 28.3. The maximum absolute atomic E-state index is 13.7. The van der Waals surface area contributed by atoms with Crippen molar-refractivity contribution in [3.63, 3.8) is 0 Å². The van der Waals surface area contributed by atoms with Crippen molar-refractivity contribution in [2.75, 3.05) is 13.1 Å². The third kappa shape index (κ3) is 6.49. The maximum atomic E-state index is 13.7. The molecule has 0 unspecified atom stereocenters. The summed E-state index contributed by atoms with van der Waals surface area (Å²) in [6, 6.07) is 20.4. The monoisotopic (exact) mass is 565 g/mol. The number of imide groups is 1. The molecule has 0 fully saturated rings. The SMILES string of the molecule is CCNC(=O)[C@H](Cc1ccccc1)N(Cc1c(Cl)cccc1Cl)C(=O)CCCN1C(=O)c2ccccc2C1=O. The predicted molar refractivity (Wildman–Crippen MR) is 151 cm³/mol. The van der Waals surface area contributed by atoms with Gasteiger partial charge in [0.05, 0.1) is 11.1 Å². The molecule has 4 rings (SSSR count). The Bertz CT molecular complexity index is 1320. The molecule has 1 aliphatic heterocycles. The smallest absolute Gasteiger partial charge is 0.261 e. The van der Waals surface area contributed by atoms with Crippen LogP contribution in [0.3, 0.4) is 0 Å². The molecule has 0 bridgehead atoms. The van der Waals surface area contributed by atoms with E-state index in [0.29, 0.717) is 39.7 Å². The highest BCUT2D eigenvalue weighted by Crippen LogP contribution is 2.28. The third-order valence-corrected chi connectivity index (χ3v) is 7.37. The van der Waals surface area contributed by atoms with Crippen LogP contribution < -0.4 is 5.32 Å². The van der Waals surface area contributed by atoms with Crippen LogP contribution in [0, 0.1) is 0 Å². The number of nitrogens with one attached hydrogen (secondary N) is 1. The molecule has 1 N–H and O–H groups in total. The second kappa shape index (κ2) is 12.9. The molecule has 0 saturated carbocycles. The number of benzene rings is 3. The van der Waals surface area contributed by atoms with E-state index >= 15 is 0 Å². The number of nitrogens with zero attached hydrogens (tertiary/aromatic N) is 2. The molecule has 9 heteroatoms. The van der Waals surface area contributed by atoms with Crippen molar-refractivity contribution in [1.29, 1.82) is 0 Å². The van der Waals surface area contributed by atoms with Gasteiger partial charge in [-0.25, -0.2) is 0 Å². The van der Waals surface area contributed by atoms with E-state index in [0.717, 1.165) is 5.56 Å². The molecule has 1 aliphatic rings. The summed E-state index contributed by atoms with van der Waals surface area (Å²) < 4.78 is 0. The van der Waals surface area contributed by atoms with Gasteiger partial charge in [-0.3, -0.25) is 24.1 Å². The third-order valence-electron chi connectivity index (χ3n) is 6.66. The summed E-state index contributed by atoms with van der Waals surface area (Å²) in [6.45, 7) is 2.33. The zero-order chi connectivity index (χ0) is 27.9. The van der Waals surface area contributed by atoms with Crippen LogP contribution in [0.4, 0.5) is 0 Å². The van der Waals surface area contributed by atoms with Gasteiger partial charge in [0, 0.05) is 48.1 Å². The molecule has 3 aromatic carbocycles. The number of rotatable bonds is 11. The van der Waals surface area contributed by atoms with Gasteiger partial charge in [-0.15, -0.1) is 0 Å². The molecule has 0 aromatic heterocycles. The number of fused-ring (bicyclic) bond motifs is 1. The summed E-state index contributed by atoms with van der Waals surface area (Å²) in [6.07, 6.45) is 0.545. The van der Waals surface area contributed by atoms with Gasteiger partial charge in [0.1, 0.15) is 6.04 Å². The van der Waals surface area contributed by atoms with Gasteiger partial charge in [0.15, 0.2) is 0 Å². The van der Waals surface area contributed by atoms with E-state index in [1.165, 1.54) is 9.80 Å². The van der Waals surface area contributed by atoms with Gasteiger partial charge < -0.3 is 10.2 Å². The summed E-state index contributed by atoms with van der Waals surface area (Å²) in [5.74, 6) is -1.34. The van der Waals surface area contributed by atoms with Crippen molar-refractivity contribution in [1.82, 2.24) is 15.1 Å². The number of carbonyl (C=O) groups excluding carboxylic acids is 4. The Kier molecular flexibility index (Phi) is 9.38. The largest absolute Gasteiger partial charge is 0.355 e. The first-order valence-electron chi connectivity index (χ1n) is 12.8. The van der Waals surface area contributed by atoms with Crippen LogP contribution in [0.25, 0.3) is 0 Å². The number of likely N-dealkylation sites (N-methyl/N-ethyl adjacent to an activating group) is 1. The first-order chi connectivity index (χ1) is 18.8. The van der Waals surface area contributed by atoms with Gasteiger partial charge in [-0.1, -0.05) is 71.7 Å². The lowest BCUT2D eigenvalue weighted by atomic mass is 10.0. The molecule has 0 spiro atoms. The highest BCUT2D eigenvalue weighted by molar-refractivity contribution is 6.36. The Labute approximate surface area is 237 Å². The highest BCUT2D eigenvalue weighted by Gasteiger charge is 2.35. The van der Waals surface area contributed by atoms with Gasteiger partial charge in [-0.05, 0) is 43.2 Å². The van der Waals surface area contributed by atoms with Crippen molar-refractivity contribution in [2.24, 2.45) is 0 Å². The summed E-state index contributed by atoms with van der Waals surface area (Å²) in [7, 11) is 0. The minimum Gasteiger partial charge on any atom is -0.355 e. The number of halogens is 2. The van der Waals surface area contributed by atoms with Gasteiger partial charge in [0.25, 0.3) is 11.8 Å². The van der Waals surface area contributed by atoms with E-state index in [2.05, 4.69) is 5.32 Å². The van der Waals surface area contributed by atoms with Gasteiger partial charge in [-0.2, -0.15) is 0 Å². The van der Waals surface area contributed by atoms with E-state index in [4.69, 9.17) is 23.2 Å². The molecule has 0 radical (unpaired) electrons. The first-order valence-corrected chi connectivity index (χ1v) is 13.6. The minimum absolute atomic E-state index is 0.0141. The van der Waals surface area contributed by atoms with Crippen molar-refractivity contribution < 1.29 is 19.2 Å². The molecule has 0 saturated heterocycles. The van der Waals surface area contributed by atoms with Crippen LogP contribution >= 0.6 is 23.2 Å². The van der Waals surface area contributed by atoms with E-state index in [-0.39, 0.29) is 49.6 Å². The van der Waals surface area contributed by atoms with Crippen molar-refractivity contribution >= 4 is 46.8 Å². The van der Waals surface area contributed by atoms with Crippen LogP contribution in [0.2, 0.25) is 10.0 Å². The molecule has 1 heterocycles. The molecule has 4 amide bonds. The lowest BCUT2D eigenvalue weighted by molar-refractivity contribution is -0.141. The zero-order valence-corrected chi connectivity index (χ0v) is 23.0. The number of hydrogen-bond donors (Lipinski definition) is 1. The minimum atomic E-state index is -0.827. The normalized spacial score (nSPS) is 13.3. The summed E-state index contributed by atoms with van der Waals surface area (Å²) in [5.41, 5.74) is 2.16. The van der Waals surface area contributed by atoms with E-state index in [9.17, 15) is 19.2 Å². The molecule has 0 aliphatic carbocycles. The lowest BCUT2D eigenvalue weighted by Crippen LogP contribution is -2.50. The molecular formula is C30H29Cl2N3O4. The molecule has 7 nitrogen and oxygen atoms in total. The van der Waals surface area contributed by atoms with Crippen LogP contribution in [0.1, 0.15) is 51.6 Å². The Balaban J connectivity index is 1.56. The molecular weight excluding hydrogens is 537 g/mol. The fourth-order valence-electron chi connectivity index (χ4n) is 4.67. The molecule has 3 aromatic rings. The molecule has 1 atom stereocenters. The summed E-state index contributed by atoms with van der Waals surface area (Å²) in [4.78, 5) is 55.1. The van der Waals surface area contributed by atoms with Crippen LogP contribution in [0.15, 0.2) is 72.8 Å². The van der Waals surface area contributed by atoms with Crippen molar-refractivity contribution in [2.45, 2.75) is 38.8 Å². The second-order valence-electron chi connectivity index (χ2n) is 9.23. The summed E-state index contributed by atoms with van der Waals surface area (Å²) in [5, 5.41) is 3.62. The average molecular weight is 566 g/mol. The zero-order valence-electron chi connectivity index (χ0n) is 21.5. The van der Waals surface area contributed by atoms with E-state index < -0.39 is 6.04 Å². The highest BCUT2D eigenvalue weighted by atomic mass is 35.5. The predicted octanol–water partition coefficient (Wildman–Crippen LogP) is 5.15. The van der Waals surface area contributed by atoms with Crippen molar-refractivity contribution in [3.05, 3.63) is 105 Å². The van der Waals surface area contributed by atoms with E-state index in [1.54, 1.807) is 42.5 Å². The standard InChI is InChI=1S/C30H29Cl2N3O4/c1-2-33-28(37)26(18-20-10-4-3-5-11-20)35(19-23-24(31)14-8-15-25(23)32)27(36)16-9-17-34-29(38)21-12-6-7-13-22(21)30(34)39/h3-8,10-15,26H,2,9,16-19H2,1H3,(H,33,37)/t26-/m0/s1. The average Bonchev–Trinajstić information content (AvgIpc) is 3.17. The number of carbonyl (C=O) groups is 4. The van der Waals surface area contributed by atoms with Crippen molar-refractivity contribution in [3.8, 4) is 0 Å². The lowest BCUT2D eigenvalue weighted by Gasteiger charge is -2.32. The number of amides is 4. The van der Waals surface area contributed by atoms with Crippen LogP contribution in [0.5, 0.6) is 0 Å². The molecule has 39 heavy (non-hydrogen) atoms. The Morgan fingerprint density at radius 3 is 2.05 bits per heavy atom. The molecule has 202 valence electrons. The Morgan fingerprint density at radius 1 is 0.872 bits per heavy atom. The topological polar surface area (TPSA) is 86.8 Å².